The maximum atomic E-state index is 13.1. The van der Waals surface area contributed by atoms with E-state index in [1.165, 1.54) is 12.1 Å². The average Bonchev–Trinajstić information content (AvgIpc) is 2.73. The largest absolute Gasteiger partial charge is 0.494 e. The zero-order chi connectivity index (χ0) is 23.3. The predicted molar refractivity (Wildman–Crippen MR) is 119 cm³/mol. The third kappa shape index (κ3) is 5.91. The first-order valence-corrected chi connectivity index (χ1v) is 11.0. The van der Waals surface area contributed by atoms with Crippen molar-refractivity contribution in [1.82, 2.24) is 9.97 Å². The molecule has 11 heteroatoms. The normalized spacial score (nSPS) is 11.2. The van der Waals surface area contributed by atoms with E-state index in [1.807, 2.05) is 6.92 Å². The van der Waals surface area contributed by atoms with E-state index in [4.69, 9.17) is 16.2 Å². The average molecular weight is 460 g/mol. The van der Waals surface area contributed by atoms with E-state index in [2.05, 4.69) is 15.3 Å². The van der Waals surface area contributed by atoms with Gasteiger partial charge in [0.15, 0.2) is 0 Å². The zero-order valence-corrected chi connectivity index (χ0v) is 18.0. The molecule has 0 unspecified atom stereocenters. The fourth-order valence-corrected chi connectivity index (χ4v) is 3.52. The summed E-state index contributed by atoms with van der Waals surface area (Å²) in [5.74, 6) is 0.548. The van der Waals surface area contributed by atoms with Crippen LogP contribution in [-0.2, 0) is 16.6 Å². The van der Waals surface area contributed by atoms with Crippen LogP contribution in [0.25, 0.3) is 0 Å². The van der Waals surface area contributed by atoms with E-state index in [-0.39, 0.29) is 11.5 Å². The fourth-order valence-electron chi connectivity index (χ4n) is 3.02. The first-order chi connectivity index (χ1) is 15.1. The third-order valence-electron chi connectivity index (χ3n) is 4.59. The Bertz CT molecular complexity index is 1210. The highest BCUT2D eigenvalue weighted by atomic mass is 32.3. The van der Waals surface area contributed by atoms with Crippen molar-refractivity contribution < 1.29 is 21.8 Å². The van der Waals surface area contributed by atoms with Gasteiger partial charge in [-0.25, -0.2) is 4.98 Å². The Kier molecular flexibility index (Phi) is 6.89. The second-order valence-electron chi connectivity index (χ2n) is 6.93. The molecule has 1 heterocycles. The van der Waals surface area contributed by atoms with Crippen LogP contribution in [0, 0.1) is 6.92 Å². The molecule has 32 heavy (non-hydrogen) atoms. The lowest BCUT2D eigenvalue weighted by atomic mass is 10.1. The molecular weight excluding hydrogens is 437 g/mol. The van der Waals surface area contributed by atoms with Crippen molar-refractivity contribution in [3.8, 4) is 5.75 Å². The van der Waals surface area contributed by atoms with Gasteiger partial charge in [0.25, 0.3) is 5.91 Å². The predicted octanol–water partition coefficient (Wildman–Crippen LogP) is 2.87. The minimum absolute atomic E-state index is 0.0188. The number of hydrogen-bond acceptors (Lipinski definition) is 8. The van der Waals surface area contributed by atoms with Gasteiger partial charge < -0.3 is 21.5 Å². The maximum absolute atomic E-state index is 13.1. The van der Waals surface area contributed by atoms with Gasteiger partial charge in [0, 0.05) is 22.5 Å². The Morgan fingerprint density at radius 3 is 2.50 bits per heavy atom. The molecule has 3 aromatic rings. The summed E-state index contributed by atoms with van der Waals surface area (Å²) in [6, 6.07) is 11.4. The third-order valence-corrected chi connectivity index (χ3v) is 5.41. The SMILES string of the molecule is Cc1nc(N)nc(N)c1CCCOc1ccc(NC(=O)c2cccc(S(=O)(=O)F)c2)cc1. The molecule has 0 saturated heterocycles. The van der Waals surface area contributed by atoms with Crippen molar-refractivity contribution in [1.29, 1.82) is 0 Å². The molecule has 0 fully saturated rings. The molecule has 0 aliphatic carbocycles. The Morgan fingerprint density at radius 2 is 1.84 bits per heavy atom. The van der Waals surface area contributed by atoms with Crippen molar-refractivity contribution in [2.45, 2.75) is 24.7 Å². The van der Waals surface area contributed by atoms with E-state index < -0.39 is 21.0 Å². The number of benzene rings is 2. The zero-order valence-electron chi connectivity index (χ0n) is 17.2. The van der Waals surface area contributed by atoms with Gasteiger partial charge in [-0.1, -0.05) is 6.07 Å². The highest BCUT2D eigenvalue weighted by Gasteiger charge is 2.15. The van der Waals surface area contributed by atoms with Crippen LogP contribution < -0.4 is 21.5 Å². The van der Waals surface area contributed by atoms with Gasteiger partial charge in [-0.3, -0.25) is 4.79 Å². The van der Waals surface area contributed by atoms with Crippen LogP contribution in [0.5, 0.6) is 5.75 Å². The Hall–Kier alpha value is -3.73. The molecule has 1 aromatic heterocycles. The molecule has 3 rings (SSSR count). The summed E-state index contributed by atoms with van der Waals surface area (Å²) in [4.78, 5) is 19.8. The topological polar surface area (TPSA) is 150 Å². The molecule has 0 saturated carbocycles. The van der Waals surface area contributed by atoms with Crippen LogP contribution in [0.4, 0.5) is 21.3 Å². The van der Waals surface area contributed by atoms with E-state index in [0.29, 0.717) is 36.7 Å². The second kappa shape index (κ2) is 9.60. The Labute approximate surface area is 184 Å². The van der Waals surface area contributed by atoms with Crippen LogP contribution >= 0.6 is 0 Å². The molecular formula is C21H22FN5O4S. The molecule has 5 N–H and O–H groups in total. The van der Waals surface area contributed by atoms with E-state index in [1.54, 1.807) is 24.3 Å². The van der Waals surface area contributed by atoms with Crippen molar-refractivity contribution >= 4 is 33.6 Å². The van der Waals surface area contributed by atoms with Crippen LogP contribution in [-0.4, -0.2) is 30.9 Å². The van der Waals surface area contributed by atoms with Gasteiger partial charge in [-0.15, -0.1) is 3.89 Å². The van der Waals surface area contributed by atoms with Gasteiger partial charge in [0.05, 0.1) is 11.5 Å². The number of aryl methyl sites for hydroxylation is 1. The van der Waals surface area contributed by atoms with Crippen molar-refractivity contribution in [2.24, 2.45) is 0 Å². The Morgan fingerprint density at radius 1 is 1.12 bits per heavy atom. The minimum atomic E-state index is -4.89. The van der Waals surface area contributed by atoms with Crippen molar-refractivity contribution in [2.75, 3.05) is 23.4 Å². The second-order valence-corrected chi connectivity index (χ2v) is 8.27. The monoisotopic (exact) mass is 459 g/mol. The number of carbonyl (C=O) groups is 1. The number of ether oxygens (including phenoxy) is 1. The number of hydrogen-bond donors (Lipinski definition) is 3. The van der Waals surface area contributed by atoms with Crippen molar-refractivity contribution in [3.63, 3.8) is 0 Å². The lowest BCUT2D eigenvalue weighted by Crippen LogP contribution is -2.12. The summed E-state index contributed by atoms with van der Waals surface area (Å²) in [5.41, 5.74) is 13.5. The standard InChI is InChI=1S/C21H22FN5O4S/c1-13-18(19(23)27-21(24)25-13)6-3-11-31-16-9-7-15(8-10-16)26-20(28)14-4-2-5-17(12-14)32(22,29)30/h2,4-5,7-10,12H,3,6,11H2,1H3,(H,26,28)(H4,23,24,25,27). The molecule has 0 bridgehead atoms. The summed E-state index contributed by atoms with van der Waals surface area (Å²) < 4.78 is 40.8. The number of nitrogens with zero attached hydrogens (tertiary/aromatic N) is 2. The lowest BCUT2D eigenvalue weighted by molar-refractivity contribution is 0.102. The number of anilines is 3. The number of halogens is 1. The molecule has 2 aromatic carbocycles. The summed E-state index contributed by atoms with van der Waals surface area (Å²) in [5, 5.41) is 2.62. The number of carbonyl (C=O) groups excluding carboxylic acids is 1. The van der Waals surface area contributed by atoms with E-state index in [9.17, 15) is 17.1 Å². The number of nitrogens with two attached hydrogens (primary N) is 2. The van der Waals surface area contributed by atoms with Gasteiger partial charge in [-0.05, 0) is 62.2 Å². The summed E-state index contributed by atoms with van der Waals surface area (Å²) in [7, 11) is -4.89. The molecule has 0 spiro atoms. The van der Waals surface area contributed by atoms with Gasteiger partial charge in [0.2, 0.25) is 5.95 Å². The van der Waals surface area contributed by atoms with Crippen LogP contribution in [0.3, 0.4) is 0 Å². The fraction of sp³-hybridized carbons (Fsp3) is 0.190. The molecule has 0 aliphatic heterocycles. The molecule has 9 nitrogen and oxygen atoms in total. The first-order valence-electron chi connectivity index (χ1n) is 9.61. The number of rotatable bonds is 8. The quantitative estimate of drug-likeness (QED) is 0.344. The summed E-state index contributed by atoms with van der Waals surface area (Å²) in [6.07, 6.45) is 1.32. The summed E-state index contributed by atoms with van der Waals surface area (Å²) >= 11 is 0. The highest BCUT2D eigenvalue weighted by Crippen LogP contribution is 2.20. The minimum Gasteiger partial charge on any atom is -0.494 e. The molecule has 0 aliphatic rings. The van der Waals surface area contributed by atoms with Crippen LogP contribution in [0.15, 0.2) is 53.4 Å². The van der Waals surface area contributed by atoms with Crippen molar-refractivity contribution in [3.05, 3.63) is 65.4 Å². The van der Waals surface area contributed by atoms with Gasteiger partial charge in [0.1, 0.15) is 11.6 Å². The van der Waals surface area contributed by atoms with Crippen LogP contribution in [0.1, 0.15) is 28.0 Å². The van der Waals surface area contributed by atoms with Gasteiger partial charge >= 0.3 is 10.2 Å². The number of aromatic nitrogens is 2. The first kappa shape index (κ1) is 22.9. The van der Waals surface area contributed by atoms with E-state index in [0.717, 1.165) is 23.4 Å². The Balaban J connectivity index is 1.53. The molecule has 168 valence electrons. The highest BCUT2D eigenvalue weighted by molar-refractivity contribution is 7.86. The van der Waals surface area contributed by atoms with Gasteiger partial charge in [-0.2, -0.15) is 13.4 Å². The number of amides is 1. The lowest BCUT2D eigenvalue weighted by Gasteiger charge is -2.10. The molecule has 0 atom stereocenters. The van der Waals surface area contributed by atoms with E-state index >= 15 is 0 Å². The molecule has 0 radical (unpaired) electrons. The maximum Gasteiger partial charge on any atom is 0.332 e. The molecule has 1 amide bonds. The smallest absolute Gasteiger partial charge is 0.332 e. The number of nitrogen functional groups attached to an aromatic ring is 2. The summed E-state index contributed by atoms with van der Waals surface area (Å²) in [6.45, 7) is 2.25. The number of nitrogens with one attached hydrogen (secondary N) is 1. The van der Waals surface area contributed by atoms with Crippen LogP contribution in [0.2, 0.25) is 0 Å².